The number of halogens is 1. The monoisotopic (exact) mass is 253 g/mol. The van der Waals surface area contributed by atoms with Crippen LogP contribution in [0.15, 0.2) is 48.9 Å². The van der Waals surface area contributed by atoms with Crippen molar-refractivity contribution in [1.29, 1.82) is 0 Å². The number of pyridine rings is 1. The van der Waals surface area contributed by atoms with Crippen molar-refractivity contribution < 1.29 is 8.96 Å². The minimum absolute atomic E-state index is 0.222. The Morgan fingerprint density at radius 2 is 1.89 bits per heavy atom. The van der Waals surface area contributed by atoms with E-state index in [1.165, 1.54) is 12.1 Å². The lowest BCUT2D eigenvalue weighted by atomic mass is 10.1. The second-order valence-corrected chi connectivity index (χ2v) is 4.56. The fraction of sp³-hybridized carbons (Fsp3) is 0.0625. The molecular formula is C16H14FN2+. The first kappa shape index (κ1) is 11.7. The molecule has 0 radical (unpaired) electrons. The van der Waals surface area contributed by atoms with Crippen LogP contribution in [-0.2, 0) is 7.05 Å². The van der Waals surface area contributed by atoms with Crippen LogP contribution in [0.3, 0.4) is 0 Å². The number of nitrogens with zero attached hydrogens (tertiary/aromatic N) is 1. The molecule has 1 aromatic carbocycles. The second-order valence-electron chi connectivity index (χ2n) is 4.56. The number of aromatic nitrogens is 2. The molecule has 2 aromatic heterocycles. The third-order valence-corrected chi connectivity index (χ3v) is 3.14. The molecule has 3 heteroatoms. The lowest BCUT2D eigenvalue weighted by molar-refractivity contribution is -0.671. The number of aryl methyl sites for hydroxylation is 1. The van der Waals surface area contributed by atoms with Crippen molar-refractivity contribution in [3.8, 4) is 0 Å². The number of aromatic amines is 1. The van der Waals surface area contributed by atoms with Crippen LogP contribution in [0.25, 0.3) is 23.1 Å². The minimum atomic E-state index is -0.222. The summed E-state index contributed by atoms with van der Waals surface area (Å²) in [5.74, 6) is -0.222. The van der Waals surface area contributed by atoms with Crippen LogP contribution in [0.5, 0.6) is 0 Å². The predicted molar refractivity (Wildman–Crippen MR) is 74.8 cm³/mol. The predicted octanol–water partition coefficient (Wildman–Crippen LogP) is 3.30. The summed E-state index contributed by atoms with van der Waals surface area (Å²) >= 11 is 0. The van der Waals surface area contributed by atoms with Gasteiger partial charge in [0, 0.05) is 29.2 Å². The summed E-state index contributed by atoms with van der Waals surface area (Å²) < 4.78 is 15.1. The van der Waals surface area contributed by atoms with Gasteiger partial charge in [0.05, 0.1) is 0 Å². The van der Waals surface area contributed by atoms with E-state index in [0.29, 0.717) is 0 Å². The number of hydrogen-bond donors (Lipinski definition) is 1. The first-order valence-electron chi connectivity index (χ1n) is 6.12. The maximum absolute atomic E-state index is 13.1. The maximum Gasteiger partial charge on any atom is 0.169 e. The average Bonchev–Trinajstić information content (AvgIpc) is 2.80. The van der Waals surface area contributed by atoms with Crippen LogP contribution in [0.4, 0.5) is 4.39 Å². The molecule has 0 aliphatic rings. The fourth-order valence-electron chi connectivity index (χ4n) is 2.07. The van der Waals surface area contributed by atoms with Gasteiger partial charge in [-0.15, -0.1) is 0 Å². The quantitative estimate of drug-likeness (QED) is 0.676. The molecule has 0 atom stereocenters. The lowest BCUT2D eigenvalue weighted by Crippen LogP contribution is -2.25. The van der Waals surface area contributed by atoms with E-state index < -0.39 is 0 Å². The molecule has 0 saturated heterocycles. The van der Waals surface area contributed by atoms with Gasteiger partial charge >= 0.3 is 0 Å². The van der Waals surface area contributed by atoms with Gasteiger partial charge in [0.2, 0.25) is 0 Å². The van der Waals surface area contributed by atoms with E-state index in [9.17, 15) is 4.39 Å². The van der Waals surface area contributed by atoms with Gasteiger partial charge in [-0.3, -0.25) is 0 Å². The molecule has 0 fully saturated rings. The first-order chi connectivity index (χ1) is 9.22. The van der Waals surface area contributed by atoms with E-state index >= 15 is 0 Å². The van der Waals surface area contributed by atoms with Gasteiger partial charge in [0.25, 0.3) is 0 Å². The molecule has 94 valence electrons. The van der Waals surface area contributed by atoms with Crippen LogP contribution >= 0.6 is 0 Å². The smallest absolute Gasteiger partial charge is 0.169 e. The third kappa shape index (κ3) is 2.40. The summed E-state index contributed by atoms with van der Waals surface area (Å²) in [6.45, 7) is 0. The zero-order valence-corrected chi connectivity index (χ0v) is 10.6. The fourth-order valence-corrected chi connectivity index (χ4v) is 2.07. The summed E-state index contributed by atoms with van der Waals surface area (Å²) in [5, 5.41) is 1.03. The van der Waals surface area contributed by atoms with Gasteiger partial charge in [-0.25, -0.2) is 8.96 Å². The van der Waals surface area contributed by atoms with Crippen LogP contribution in [0.2, 0.25) is 0 Å². The van der Waals surface area contributed by atoms with E-state index in [-0.39, 0.29) is 5.82 Å². The highest BCUT2D eigenvalue weighted by Crippen LogP contribution is 2.21. The normalized spacial score (nSPS) is 11.5. The number of benzene rings is 1. The van der Waals surface area contributed by atoms with E-state index in [1.54, 1.807) is 6.07 Å². The Kier molecular flexibility index (Phi) is 2.88. The topological polar surface area (TPSA) is 19.7 Å². The molecule has 0 unspecified atom stereocenters. The van der Waals surface area contributed by atoms with Gasteiger partial charge in [0.15, 0.2) is 12.4 Å². The molecule has 0 aliphatic carbocycles. The average molecular weight is 253 g/mol. The van der Waals surface area contributed by atoms with E-state index in [0.717, 1.165) is 22.0 Å². The highest BCUT2D eigenvalue weighted by molar-refractivity contribution is 5.91. The summed E-state index contributed by atoms with van der Waals surface area (Å²) in [4.78, 5) is 3.08. The number of fused-ring (bicyclic) bond motifs is 1. The van der Waals surface area contributed by atoms with Crippen molar-refractivity contribution in [3.05, 3.63) is 65.9 Å². The van der Waals surface area contributed by atoms with Gasteiger partial charge in [-0.1, -0.05) is 12.2 Å². The molecule has 3 aromatic rings. The standard InChI is InChI=1S/C16H13FN2/c1-19-8-6-12(7-9-19)2-3-13-11-18-16-10-14(17)4-5-15(13)16/h2-11H,1H3/p+1. The number of H-pyrrole nitrogens is 1. The second kappa shape index (κ2) is 4.69. The Morgan fingerprint density at radius 1 is 1.11 bits per heavy atom. The Hall–Kier alpha value is -2.42. The van der Waals surface area contributed by atoms with E-state index in [1.807, 2.05) is 54.5 Å². The summed E-state index contributed by atoms with van der Waals surface area (Å²) in [5.41, 5.74) is 3.01. The Labute approximate surface area is 110 Å². The Balaban J connectivity index is 1.95. The summed E-state index contributed by atoms with van der Waals surface area (Å²) in [7, 11) is 1.99. The lowest BCUT2D eigenvalue weighted by Gasteiger charge is -1.93. The van der Waals surface area contributed by atoms with Crippen molar-refractivity contribution in [2.24, 2.45) is 7.05 Å². The molecule has 0 bridgehead atoms. The molecule has 3 rings (SSSR count). The molecule has 0 spiro atoms. The zero-order chi connectivity index (χ0) is 13.2. The van der Waals surface area contributed by atoms with Crippen molar-refractivity contribution in [3.63, 3.8) is 0 Å². The summed E-state index contributed by atoms with van der Waals surface area (Å²) in [6.07, 6.45) is 9.98. The molecule has 0 aliphatic heterocycles. The van der Waals surface area contributed by atoms with Crippen molar-refractivity contribution in [2.45, 2.75) is 0 Å². The minimum Gasteiger partial charge on any atom is -0.360 e. The molecule has 19 heavy (non-hydrogen) atoms. The molecule has 1 N–H and O–H groups in total. The summed E-state index contributed by atoms with van der Waals surface area (Å²) in [6, 6.07) is 8.88. The van der Waals surface area contributed by atoms with Crippen LogP contribution < -0.4 is 4.57 Å². The first-order valence-corrected chi connectivity index (χ1v) is 6.12. The highest BCUT2D eigenvalue weighted by atomic mass is 19.1. The Bertz CT molecular complexity index is 739. The molecule has 0 amide bonds. The number of rotatable bonds is 2. The van der Waals surface area contributed by atoms with E-state index in [2.05, 4.69) is 4.98 Å². The number of nitrogens with one attached hydrogen (secondary N) is 1. The third-order valence-electron chi connectivity index (χ3n) is 3.14. The highest BCUT2D eigenvalue weighted by Gasteiger charge is 2.01. The molecule has 2 nitrogen and oxygen atoms in total. The zero-order valence-electron chi connectivity index (χ0n) is 10.6. The molecular weight excluding hydrogens is 239 g/mol. The van der Waals surface area contributed by atoms with Crippen molar-refractivity contribution >= 4 is 23.1 Å². The van der Waals surface area contributed by atoms with Crippen LogP contribution in [-0.4, -0.2) is 4.98 Å². The van der Waals surface area contributed by atoms with E-state index in [4.69, 9.17) is 0 Å². The van der Waals surface area contributed by atoms with Gasteiger partial charge < -0.3 is 4.98 Å². The molecule has 0 saturated carbocycles. The van der Waals surface area contributed by atoms with Crippen molar-refractivity contribution in [2.75, 3.05) is 0 Å². The van der Waals surface area contributed by atoms with Gasteiger partial charge in [-0.2, -0.15) is 0 Å². The SMILES string of the molecule is C[n+]1ccc(/C=C/c2c[nH]c3cc(F)ccc23)cc1. The van der Waals surface area contributed by atoms with Crippen LogP contribution in [0, 0.1) is 5.82 Å². The number of hydrogen-bond acceptors (Lipinski definition) is 0. The van der Waals surface area contributed by atoms with Crippen LogP contribution in [0.1, 0.15) is 11.1 Å². The van der Waals surface area contributed by atoms with Gasteiger partial charge in [0.1, 0.15) is 12.9 Å². The van der Waals surface area contributed by atoms with Gasteiger partial charge in [-0.05, 0) is 29.3 Å². The molecule has 2 heterocycles. The largest absolute Gasteiger partial charge is 0.360 e. The maximum atomic E-state index is 13.1. The Morgan fingerprint density at radius 3 is 2.68 bits per heavy atom. The van der Waals surface area contributed by atoms with Crippen molar-refractivity contribution in [1.82, 2.24) is 4.98 Å².